The average molecular weight is 144 g/mol. The lowest BCUT2D eigenvalue weighted by atomic mass is 10.2. The van der Waals surface area contributed by atoms with E-state index in [1.165, 1.54) is 11.1 Å². The number of halogens is 1. The van der Waals surface area contributed by atoms with Crippen LogP contribution in [0.25, 0.3) is 0 Å². The minimum atomic E-state index is 0. The molecule has 0 unspecified atom stereocenters. The molecule has 0 aliphatic carbocycles. The maximum Gasteiger partial charge on any atom is 0.0299 e. The lowest BCUT2D eigenvalue weighted by molar-refractivity contribution is 1.22. The van der Waals surface area contributed by atoms with Crippen molar-refractivity contribution in [3.63, 3.8) is 0 Å². The van der Waals surface area contributed by atoms with E-state index in [1.807, 2.05) is 18.5 Å². The topological polar surface area (TPSA) is 12.9 Å². The number of aromatic nitrogens is 1. The van der Waals surface area contributed by atoms with E-state index in [1.54, 1.807) is 0 Å². The fourth-order valence-electron chi connectivity index (χ4n) is 0.543. The Morgan fingerprint density at radius 2 is 1.89 bits per heavy atom. The van der Waals surface area contributed by atoms with Crippen LogP contribution in [0, 0.1) is 13.8 Å². The molecule has 1 rings (SSSR count). The molecule has 0 fully saturated rings. The standard InChI is InChI=1S/C7H9N.ClH/c1-6-3-4-8-5-7(6)2;/h3-5H,1-2H3;1H. The van der Waals surface area contributed by atoms with Gasteiger partial charge in [0.05, 0.1) is 0 Å². The fraction of sp³-hybridized carbons (Fsp3) is 0.286. The third kappa shape index (κ3) is 2.02. The van der Waals surface area contributed by atoms with E-state index in [0.717, 1.165) is 0 Å². The van der Waals surface area contributed by atoms with E-state index in [-0.39, 0.29) is 12.4 Å². The average Bonchev–Trinajstić information content (AvgIpc) is 1.77. The van der Waals surface area contributed by atoms with Crippen LogP contribution in [0.5, 0.6) is 0 Å². The second-order valence-corrected chi connectivity index (χ2v) is 1.96. The second kappa shape index (κ2) is 3.46. The molecule has 0 aliphatic heterocycles. The van der Waals surface area contributed by atoms with Crippen LogP contribution in [0.1, 0.15) is 11.1 Å². The first-order chi connectivity index (χ1) is 3.80. The molecular formula is C7H10ClN. The maximum atomic E-state index is 3.95. The highest BCUT2D eigenvalue weighted by Gasteiger charge is 1.84. The second-order valence-electron chi connectivity index (χ2n) is 1.96. The van der Waals surface area contributed by atoms with Crippen molar-refractivity contribution in [2.24, 2.45) is 0 Å². The monoisotopic (exact) mass is 143 g/mol. The highest BCUT2D eigenvalue weighted by atomic mass is 35.5. The minimum absolute atomic E-state index is 0. The number of nitrogens with zero attached hydrogens (tertiary/aromatic N) is 1. The summed E-state index contributed by atoms with van der Waals surface area (Å²) >= 11 is 0. The largest absolute Gasteiger partial charge is 0.264 e. The van der Waals surface area contributed by atoms with Crippen LogP contribution in [0.2, 0.25) is 0 Å². The molecule has 2 heteroatoms. The number of hydrogen-bond acceptors (Lipinski definition) is 1. The molecule has 9 heavy (non-hydrogen) atoms. The lowest BCUT2D eigenvalue weighted by Gasteiger charge is -1.92. The molecule has 1 aromatic heterocycles. The predicted octanol–water partition coefficient (Wildman–Crippen LogP) is 2.12. The number of hydrogen-bond donors (Lipinski definition) is 0. The van der Waals surface area contributed by atoms with E-state index in [9.17, 15) is 0 Å². The van der Waals surface area contributed by atoms with E-state index in [4.69, 9.17) is 0 Å². The van der Waals surface area contributed by atoms with Crippen LogP contribution in [0.4, 0.5) is 0 Å². The first-order valence-corrected chi connectivity index (χ1v) is 2.68. The van der Waals surface area contributed by atoms with Gasteiger partial charge in [-0.3, -0.25) is 4.98 Å². The smallest absolute Gasteiger partial charge is 0.0299 e. The Balaban J connectivity index is 0.000000640. The summed E-state index contributed by atoms with van der Waals surface area (Å²) in [6.45, 7) is 4.14. The summed E-state index contributed by atoms with van der Waals surface area (Å²) in [6, 6.07) is 2.01. The van der Waals surface area contributed by atoms with Gasteiger partial charge in [-0.2, -0.15) is 0 Å². The van der Waals surface area contributed by atoms with E-state index in [2.05, 4.69) is 18.8 Å². The van der Waals surface area contributed by atoms with Crippen molar-refractivity contribution in [2.45, 2.75) is 13.8 Å². The molecule has 0 N–H and O–H groups in total. The quantitative estimate of drug-likeness (QED) is 0.542. The predicted molar refractivity (Wildman–Crippen MR) is 41.0 cm³/mol. The first kappa shape index (κ1) is 8.44. The molecule has 0 atom stereocenters. The Kier molecular flexibility index (Phi) is 3.25. The van der Waals surface area contributed by atoms with Gasteiger partial charge in [-0.15, -0.1) is 12.4 Å². The molecule has 0 radical (unpaired) electrons. The molecule has 50 valence electrons. The number of rotatable bonds is 0. The van der Waals surface area contributed by atoms with Crippen molar-refractivity contribution in [1.29, 1.82) is 0 Å². The molecule has 1 aromatic rings. The van der Waals surface area contributed by atoms with Gasteiger partial charge in [0.15, 0.2) is 0 Å². The Labute approximate surface area is 61.5 Å². The Bertz CT molecular complexity index is 165. The number of aryl methyl sites for hydroxylation is 2. The third-order valence-corrected chi connectivity index (χ3v) is 1.30. The molecule has 1 nitrogen and oxygen atoms in total. The van der Waals surface area contributed by atoms with Crippen molar-refractivity contribution in [3.05, 3.63) is 29.6 Å². The summed E-state index contributed by atoms with van der Waals surface area (Å²) < 4.78 is 0. The van der Waals surface area contributed by atoms with Crippen LogP contribution in [-0.2, 0) is 0 Å². The van der Waals surface area contributed by atoms with Gasteiger partial charge < -0.3 is 0 Å². The summed E-state index contributed by atoms with van der Waals surface area (Å²) in [5.74, 6) is 0. The van der Waals surface area contributed by atoms with Crippen LogP contribution < -0.4 is 0 Å². The van der Waals surface area contributed by atoms with Crippen molar-refractivity contribution in [3.8, 4) is 0 Å². The van der Waals surface area contributed by atoms with Crippen molar-refractivity contribution >= 4 is 12.4 Å². The van der Waals surface area contributed by atoms with Crippen LogP contribution in [0.15, 0.2) is 18.5 Å². The summed E-state index contributed by atoms with van der Waals surface area (Å²) in [5, 5.41) is 0. The van der Waals surface area contributed by atoms with Crippen molar-refractivity contribution in [2.75, 3.05) is 0 Å². The van der Waals surface area contributed by atoms with Gasteiger partial charge >= 0.3 is 0 Å². The van der Waals surface area contributed by atoms with Gasteiger partial charge in [-0.05, 0) is 31.0 Å². The number of pyridine rings is 1. The Morgan fingerprint density at radius 3 is 2.22 bits per heavy atom. The third-order valence-electron chi connectivity index (χ3n) is 1.30. The zero-order valence-corrected chi connectivity index (χ0v) is 6.40. The van der Waals surface area contributed by atoms with Crippen molar-refractivity contribution < 1.29 is 0 Å². The van der Waals surface area contributed by atoms with E-state index < -0.39 is 0 Å². The normalized spacial score (nSPS) is 8.22. The highest BCUT2D eigenvalue weighted by Crippen LogP contribution is 2.00. The lowest BCUT2D eigenvalue weighted by Crippen LogP contribution is -1.78. The Morgan fingerprint density at radius 1 is 1.22 bits per heavy atom. The first-order valence-electron chi connectivity index (χ1n) is 2.68. The zero-order chi connectivity index (χ0) is 5.98. The van der Waals surface area contributed by atoms with Crippen molar-refractivity contribution in [1.82, 2.24) is 4.98 Å². The minimum Gasteiger partial charge on any atom is -0.264 e. The molecule has 0 bridgehead atoms. The maximum absolute atomic E-state index is 3.95. The fourth-order valence-corrected chi connectivity index (χ4v) is 0.543. The summed E-state index contributed by atoms with van der Waals surface area (Å²) in [7, 11) is 0. The van der Waals surface area contributed by atoms with Gasteiger partial charge in [0.25, 0.3) is 0 Å². The summed E-state index contributed by atoms with van der Waals surface area (Å²) in [6.07, 6.45) is 3.68. The van der Waals surface area contributed by atoms with Gasteiger partial charge in [-0.25, -0.2) is 0 Å². The molecule has 0 saturated heterocycles. The van der Waals surface area contributed by atoms with Gasteiger partial charge in [0.1, 0.15) is 0 Å². The van der Waals surface area contributed by atoms with Crippen LogP contribution in [0.3, 0.4) is 0 Å². The van der Waals surface area contributed by atoms with Gasteiger partial charge in [0, 0.05) is 12.4 Å². The molecule has 0 spiro atoms. The molecule has 1 heterocycles. The van der Waals surface area contributed by atoms with Gasteiger partial charge in [-0.1, -0.05) is 0 Å². The molecule has 0 aliphatic rings. The SMILES string of the molecule is Cc1ccncc1C.Cl. The highest BCUT2D eigenvalue weighted by molar-refractivity contribution is 5.85. The van der Waals surface area contributed by atoms with Gasteiger partial charge in [0.2, 0.25) is 0 Å². The molecule has 0 saturated carbocycles. The molecule has 0 amide bonds. The van der Waals surface area contributed by atoms with Crippen LogP contribution in [-0.4, -0.2) is 4.98 Å². The van der Waals surface area contributed by atoms with Crippen LogP contribution >= 0.6 is 12.4 Å². The molecule has 0 aromatic carbocycles. The zero-order valence-electron chi connectivity index (χ0n) is 5.59. The Hall–Kier alpha value is -0.560. The summed E-state index contributed by atoms with van der Waals surface area (Å²) in [4.78, 5) is 3.95. The molecular weight excluding hydrogens is 134 g/mol. The van der Waals surface area contributed by atoms with E-state index in [0.29, 0.717) is 0 Å². The van der Waals surface area contributed by atoms with E-state index >= 15 is 0 Å². The summed E-state index contributed by atoms with van der Waals surface area (Å²) in [5.41, 5.74) is 2.56.